The van der Waals surface area contributed by atoms with Crippen LogP contribution in [0.4, 0.5) is 17.1 Å². The number of fused-ring (bicyclic) bond motifs is 2. The minimum atomic E-state index is 1.18. The van der Waals surface area contributed by atoms with Crippen molar-refractivity contribution in [3.05, 3.63) is 114 Å². The molecular formula is C29H25N. The van der Waals surface area contributed by atoms with E-state index >= 15 is 0 Å². The zero-order chi connectivity index (χ0) is 20.7. The van der Waals surface area contributed by atoms with Crippen LogP contribution in [0.15, 0.2) is 97.1 Å². The lowest BCUT2D eigenvalue weighted by Gasteiger charge is -2.30. The van der Waals surface area contributed by atoms with Crippen molar-refractivity contribution in [1.82, 2.24) is 0 Å². The number of rotatable bonds is 3. The van der Waals surface area contributed by atoms with Gasteiger partial charge in [0.2, 0.25) is 0 Å². The molecule has 0 heterocycles. The predicted molar refractivity (Wildman–Crippen MR) is 130 cm³/mol. The van der Waals surface area contributed by atoms with Crippen molar-refractivity contribution in [3.63, 3.8) is 0 Å². The molecule has 30 heavy (non-hydrogen) atoms. The van der Waals surface area contributed by atoms with Gasteiger partial charge in [0, 0.05) is 22.1 Å². The SMILES string of the molecule is Cc1ccc(N(c2ccc(C)cc2C)c2c3ccccc3cc3ccccc23)cc1. The monoisotopic (exact) mass is 387 g/mol. The second kappa shape index (κ2) is 7.35. The summed E-state index contributed by atoms with van der Waals surface area (Å²) in [7, 11) is 0. The van der Waals surface area contributed by atoms with Gasteiger partial charge in [0.1, 0.15) is 0 Å². The number of anilines is 3. The third-order valence-electron chi connectivity index (χ3n) is 5.85. The molecule has 0 amide bonds. The molecule has 0 aliphatic rings. The first-order chi connectivity index (χ1) is 14.6. The Kier molecular flexibility index (Phi) is 4.52. The Balaban J connectivity index is 1.92. The van der Waals surface area contributed by atoms with E-state index in [0.717, 1.165) is 0 Å². The Bertz CT molecular complexity index is 1310. The van der Waals surface area contributed by atoms with E-state index in [4.69, 9.17) is 0 Å². The summed E-state index contributed by atoms with van der Waals surface area (Å²) in [4.78, 5) is 2.43. The van der Waals surface area contributed by atoms with Gasteiger partial charge >= 0.3 is 0 Å². The lowest BCUT2D eigenvalue weighted by Crippen LogP contribution is -2.12. The van der Waals surface area contributed by atoms with Crippen LogP contribution in [0.1, 0.15) is 16.7 Å². The maximum absolute atomic E-state index is 2.43. The van der Waals surface area contributed by atoms with E-state index in [1.54, 1.807) is 0 Å². The number of nitrogens with zero attached hydrogens (tertiary/aromatic N) is 1. The Morgan fingerprint density at radius 1 is 0.533 bits per heavy atom. The standard InChI is InChI=1S/C29H25N/c1-20-12-15-25(16-13-20)30(28-17-14-21(2)18-22(28)3)29-26-10-6-4-8-23(26)19-24-9-5-7-11-27(24)29/h4-19H,1-3H3. The first kappa shape index (κ1) is 18.4. The normalized spacial score (nSPS) is 11.2. The number of hydrogen-bond acceptors (Lipinski definition) is 1. The Morgan fingerprint density at radius 2 is 1.10 bits per heavy atom. The van der Waals surface area contributed by atoms with Crippen LogP contribution in [0.3, 0.4) is 0 Å². The zero-order valence-corrected chi connectivity index (χ0v) is 17.7. The van der Waals surface area contributed by atoms with Crippen LogP contribution in [0.5, 0.6) is 0 Å². The molecule has 5 aromatic rings. The summed E-state index contributed by atoms with van der Waals surface area (Å²) in [5.41, 5.74) is 7.44. The highest BCUT2D eigenvalue weighted by Gasteiger charge is 2.19. The highest BCUT2D eigenvalue weighted by Crippen LogP contribution is 2.44. The number of aryl methyl sites for hydroxylation is 3. The molecule has 0 atom stereocenters. The first-order valence-electron chi connectivity index (χ1n) is 10.5. The summed E-state index contributed by atoms with van der Waals surface area (Å²) in [5, 5.41) is 5.04. The van der Waals surface area contributed by atoms with E-state index in [1.807, 2.05) is 0 Å². The molecule has 0 fully saturated rings. The van der Waals surface area contributed by atoms with Crippen LogP contribution in [0.2, 0.25) is 0 Å². The molecule has 0 bridgehead atoms. The Labute approximate surface area is 178 Å². The molecule has 0 radical (unpaired) electrons. The van der Waals surface area contributed by atoms with Gasteiger partial charge in [-0.1, -0.05) is 83.9 Å². The number of hydrogen-bond donors (Lipinski definition) is 0. The van der Waals surface area contributed by atoms with Crippen molar-refractivity contribution >= 4 is 38.6 Å². The maximum atomic E-state index is 2.43. The molecule has 0 aromatic heterocycles. The van der Waals surface area contributed by atoms with Gasteiger partial charge in [-0.25, -0.2) is 0 Å². The van der Waals surface area contributed by atoms with Crippen molar-refractivity contribution in [2.75, 3.05) is 4.90 Å². The predicted octanol–water partition coefficient (Wildman–Crippen LogP) is 8.39. The summed E-state index contributed by atoms with van der Waals surface area (Å²) >= 11 is 0. The summed E-state index contributed by atoms with van der Waals surface area (Å²) in [6, 6.07) is 35.3. The van der Waals surface area contributed by atoms with Crippen molar-refractivity contribution in [3.8, 4) is 0 Å². The fraction of sp³-hybridized carbons (Fsp3) is 0.103. The molecule has 146 valence electrons. The molecule has 0 aliphatic heterocycles. The highest BCUT2D eigenvalue weighted by atomic mass is 15.1. The summed E-state index contributed by atoms with van der Waals surface area (Å²) in [5.74, 6) is 0. The molecule has 5 aromatic carbocycles. The molecule has 0 saturated carbocycles. The first-order valence-corrected chi connectivity index (χ1v) is 10.5. The van der Waals surface area contributed by atoms with Crippen molar-refractivity contribution in [2.45, 2.75) is 20.8 Å². The minimum Gasteiger partial charge on any atom is -0.309 e. The van der Waals surface area contributed by atoms with Gasteiger partial charge < -0.3 is 4.90 Å². The molecule has 0 unspecified atom stereocenters. The summed E-state index contributed by atoms with van der Waals surface area (Å²) < 4.78 is 0. The van der Waals surface area contributed by atoms with Crippen LogP contribution in [0.25, 0.3) is 21.5 Å². The van der Waals surface area contributed by atoms with Crippen molar-refractivity contribution in [2.24, 2.45) is 0 Å². The zero-order valence-electron chi connectivity index (χ0n) is 17.7. The smallest absolute Gasteiger partial charge is 0.0618 e. The van der Waals surface area contributed by atoms with Crippen molar-refractivity contribution in [1.29, 1.82) is 0 Å². The van der Waals surface area contributed by atoms with Crippen molar-refractivity contribution < 1.29 is 0 Å². The largest absolute Gasteiger partial charge is 0.309 e. The fourth-order valence-electron chi connectivity index (χ4n) is 4.37. The van der Waals surface area contributed by atoms with Crippen LogP contribution in [-0.2, 0) is 0 Å². The molecule has 0 spiro atoms. The van der Waals surface area contributed by atoms with E-state index in [9.17, 15) is 0 Å². The molecule has 5 rings (SSSR count). The Morgan fingerprint density at radius 3 is 1.70 bits per heavy atom. The molecular weight excluding hydrogens is 362 g/mol. The van der Waals surface area contributed by atoms with Gasteiger partial charge in [-0.3, -0.25) is 0 Å². The molecule has 1 nitrogen and oxygen atoms in total. The second-order valence-corrected chi connectivity index (χ2v) is 8.13. The molecule has 0 N–H and O–H groups in total. The van der Waals surface area contributed by atoms with E-state index in [1.165, 1.54) is 55.3 Å². The van der Waals surface area contributed by atoms with E-state index < -0.39 is 0 Å². The second-order valence-electron chi connectivity index (χ2n) is 8.13. The molecule has 0 aliphatic carbocycles. The van der Waals surface area contributed by atoms with Crippen LogP contribution >= 0.6 is 0 Å². The van der Waals surface area contributed by atoms with Gasteiger partial charge in [0.15, 0.2) is 0 Å². The lowest BCUT2D eigenvalue weighted by atomic mass is 9.98. The van der Waals surface area contributed by atoms with Crippen LogP contribution in [0, 0.1) is 20.8 Å². The highest BCUT2D eigenvalue weighted by molar-refractivity contribution is 6.14. The van der Waals surface area contributed by atoms with E-state index in [2.05, 4.69) is 123 Å². The van der Waals surface area contributed by atoms with Crippen LogP contribution in [-0.4, -0.2) is 0 Å². The summed E-state index contributed by atoms with van der Waals surface area (Å²) in [6.45, 7) is 6.50. The van der Waals surface area contributed by atoms with Gasteiger partial charge in [-0.2, -0.15) is 0 Å². The third-order valence-corrected chi connectivity index (χ3v) is 5.85. The van der Waals surface area contributed by atoms with Gasteiger partial charge in [0.25, 0.3) is 0 Å². The number of benzene rings is 5. The molecule has 1 heteroatoms. The van der Waals surface area contributed by atoms with E-state index in [0.29, 0.717) is 0 Å². The average Bonchev–Trinajstić information content (AvgIpc) is 2.76. The quantitative estimate of drug-likeness (QED) is 0.281. The molecule has 0 saturated heterocycles. The van der Waals surface area contributed by atoms with E-state index in [-0.39, 0.29) is 0 Å². The van der Waals surface area contributed by atoms with Crippen LogP contribution < -0.4 is 4.90 Å². The third kappa shape index (κ3) is 3.13. The van der Waals surface area contributed by atoms with Gasteiger partial charge in [-0.15, -0.1) is 0 Å². The fourth-order valence-corrected chi connectivity index (χ4v) is 4.37. The van der Waals surface area contributed by atoms with Gasteiger partial charge in [-0.05, 0) is 61.4 Å². The minimum absolute atomic E-state index is 1.18. The lowest BCUT2D eigenvalue weighted by molar-refractivity contribution is 1.25. The average molecular weight is 388 g/mol. The Hall–Kier alpha value is -3.58. The topological polar surface area (TPSA) is 3.24 Å². The maximum Gasteiger partial charge on any atom is 0.0618 e. The van der Waals surface area contributed by atoms with Gasteiger partial charge in [0.05, 0.1) is 5.69 Å². The summed E-state index contributed by atoms with van der Waals surface area (Å²) in [6.07, 6.45) is 0.